The van der Waals surface area contributed by atoms with E-state index in [-0.39, 0.29) is 12.1 Å². The van der Waals surface area contributed by atoms with E-state index < -0.39 is 0 Å². The van der Waals surface area contributed by atoms with E-state index in [0.717, 1.165) is 54.5 Å². The number of aryl methyl sites for hydroxylation is 1. The summed E-state index contributed by atoms with van der Waals surface area (Å²) in [4.78, 5) is 24.6. The number of ether oxygens (including phenoxy) is 1. The lowest BCUT2D eigenvalue weighted by Gasteiger charge is -2.29. The van der Waals surface area contributed by atoms with E-state index >= 15 is 0 Å². The van der Waals surface area contributed by atoms with Crippen LogP contribution in [-0.2, 0) is 13.0 Å². The molecule has 2 amide bonds. The van der Waals surface area contributed by atoms with Gasteiger partial charge in [-0.3, -0.25) is 4.98 Å². The van der Waals surface area contributed by atoms with Crippen molar-refractivity contribution in [1.29, 1.82) is 0 Å². The molecule has 8 nitrogen and oxygen atoms in total. The Labute approximate surface area is 234 Å². The van der Waals surface area contributed by atoms with Crippen LogP contribution >= 0.6 is 11.6 Å². The second kappa shape index (κ2) is 12.3. The monoisotopic (exact) mass is 544 g/mol. The highest BCUT2D eigenvalue weighted by Gasteiger charge is 2.27. The van der Waals surface area contributed by atoms with E-state index in [2.05, 4.69) is 23.3 Å². The summed E-state index contributed by atoms with van der Waals surface area (Å²) in [7, 11) is 1.59. The van der Waals surface area contributed by atoms with Crippen molar-refractivity contribution in [2.24, 2.45) is 0 Å². The molecule has 1 aliphatic carbocycles. The third-order valence-corrected chi connectivity index (χ3v) is 7.53. The van der Waals surface area contributed by atoms with Crippen LogP contribution < -0.4 is 10.1 Å². The Balaban J connectivity index is 1.44. The van der Waals surface area contributed by atoms with Gasteiger partial charge in [-0.1, -0.05) is 49.6 Å². The first-order valence-electron chi connectivity index (χ1n) is 13.4. The molecule has 2 aromatic carbocycles. The summed E-state index contributed by atoms with van der Waals surface area (Å²) in [6, 6.07) is 17.4. The van der Waals surface area contributed by atoms with Crippen molar-refractivity contribution in [2.45, 2.75) is 51.6 Å². The number of rotatable bonds is 9. The predicted molar refractivity (Wildman–Crippen MR) is 154 cm³/mol. The lowest BCUT2D eigenvalue weighted by Crippen LogP contribution is -2.43. The molecule has 5 rings (SSSR count). The maximum Gasteiger partial charge on any atom is 0.322 e. The van der Waals surface area contributed by atoms with Gasteiger partial charge in [0, 0.05) is 41.8 Å². The molecule has 202 valence electrons. The van der Waals surface area contributed by atoms with Gasteiger partial charge in [-0.2, -0.15) is 5.10 Å². The van der Waals surface area contributed by atoms with Gasteiger partial charge >= 0.3 is 6.03 Å². The summed E-state index contributed by atoms with van der Waals surface area (Å²) in [6.07, 6.45) is 8.56. The molecule has 1 aliphatic rings. The number of pyridine rings is 1. The number of para-hydroxylation sites is 1. The van der Waals surface area contributed by atoms with Crippen LogP contribution in [0, 0.1) is 0 Å². The van der Waals surface area contributed by atoms with Crippen LogP contribution in [-0.4, -0.2) is 50.4 Å². The molecule has 2 heterocycles. The van der Waals surface area contributed by atoms with Gasteiger partial charge in [0.15, 0.2) is 11.6 Å². The van der Waals surface area contributed by atoms with E-state index in [9.17, 15) is 4.79 Å². The molecule has 0 atom stereocenters. The Hall–Kier alpha value is -3.91. The Morgan fingerprint density at radius 2 is 1.87 bits per heavy atom. The molecular formula is C30H33ClN6O2. The number of carbonyl (C=O) groups is 1. The maximum atomic E-state index is 13.6. The minimum absolute atomic E-state index is 0.0775. The molecule has 39 heavy (non-hydrogen) atoms. The van der Waals surface area contributed by atoms with E-state index in [4.69, 9.17) is 26.4 Å². The SMILES string of the molecule is CCc1ccccc1NC(=O)N(CCn1nc(-c2ccncc2)nc1-c1ccc(OC)c(Cl)c1)C1CCCC1. The summed E-state index contributed by atoms with van der Waals surface area (Å²) >= 11 is 6.46. The second-order valence-electron chi connectivity index (χ2n) is 9.64. The van der Waals surface area contributed by atoms with E-state index in [0.29, 0.717) is 35.5 Å². The van der Waals surface area contributed by atoms with Gasteiger partial charge in [-0.25, -0.2) is 14.5 Å². The topological polar surface area (TPSA) is 85.2 Å². The van der Waals surface area contributed by atoms with E-state index in [1.54, 1.807) is 19.5 Å². The molecule has 0 aliphatic heterocycles. The Bertz CT molecular complexity index is 1420. The first-order valence-corrected chi connectivity index (χ1v) is 13.8. The minimum Gasteiger partial charge on any atom is -0.495 e. The summed E-state index contributed by atoms with van der Waals surface area (Å²) < 4.78 is 7.20. The fourth-order valence-corrected chi connectivity index (χ4v) is 5.40. The Morgan fingerprint density at radius 3 is 2.59 bits per heavy atom. The van der Waals surface area contributed by atoms with Crippen LogP contribution in [0.1, 0.15) is 38.2 Å². The standard InChI is InChI=1S/C30H33ClN6O2/c1-3-21-8-4-7-11-26(21)33-30(38)36(24-9-5-6-10-24)18-19-37-29(23-12-13-27(39-2)25(31)20-23)34-28(35-37)22-14-16-32-17-15-22/h4,7-8,11-17,20,24H,3,5-6,9-10,18-19H2,1-2H3,(H,33,38). The van der Waals surface area contributed by atoms with Crippen molar-refractivity contribution < 1.29 is 9.53 Å². The molecule has 0 radical (unpaired) electrons. The van der Waals surface area contributed by atoms with Crippen molar-refractivity contribution in [2.75, 3.05) is 19.0 Å². The number of halogens is 1. The van der Waals surface area contributed by atoms with Gasteiger partial charge in [0.1, 0.15) is 5.75 Å². The van der Waals surface area contributed by atoms with Crippen molar-refractivity contribution in [3.8, 4) is 28.5 Å². The number of aromatic nitrogens is 4. The number of carbonyl (C=O) groups excluding carboxylic acids is 1. The fraction of sp³-hybridized carbons (Fsp3) is 0.333. The van der Waals surface area contributed by atoms with E-state index in [1.165, 1.54) is 0 Å². The first kappa shape index (κ1) is 26.7. The molecule has 0 bridgehead atoms. The van der Waals surface area contributed by atoms with Gasteiger partial charge in [-0.05, 0) is 61.2 Å². The first-order chi connectivity index (χ1) is 19.1. The maximum absolute atomic E-state index is 13.6. The van der Waals surface area contributed by atoms with Gasteiger partial charge in [0.25, 0.3) is 0 Å². The number of amides is 2. The molecule has 0 saturated heterocycles. The molecule has 1 N–H and O–H groups in total. The number of hydrogen-bond acceptors (Lipinski definition) is 5. The smallest absolute Gasteiger partial charge is 0.322 e. The van der Waals surface area contributed by atoms with Gasteiger partial charge in [-0.15, -0.1) is 0 Å². The van der Waals surface area contributed by atoms with Crippen LogP contribution in [0.3, 0.4) is 0 Å². The number of nitrogens with one attached hydrogen (secondary N) is 1. The average molecular weight is 545 g/mol. The molecule has 0 unspecified atom stereocenters. The highest BCUT2D eigenvalue weighted by atomic mass is 35.5. The van der Waals surface area contributed by atoms with Crippen LogP contribution in [0.5, 0.6) is 5.75 Å². The highest BCUT2D eigenvalue weighted by molar-refractivity contribution is 6.32. The zero-order valence-electron chi connectivity index (χ0n) is 22.3. The predicted octanol–water partition coefficient (Wildman–Crippen LogP) is 6.71. The van der Waals surface area contributed by atoms with Crippen LogP contribution in [0.4, 0.5) is 10.5 Å². The highest BCUT2D eigenvalue weighted by Crippen LogP contribution is 2.31. The zero-order chi connectivity index (χ0) is 27.2. The van der Waals surface area contributed by atoms with Crippen molar-refractivity contribution in [1.82, 2.24) is 24.6 Å². The number of benzene rings is 2. The van der Waals surface area contributed by atoms with E-state index in [1.807, 2.05) is 58.1 Å². The van der Waals surface area contributed by atoms with Crippen molar-refractivity contribution in [3.63, 3.8) is 0 Å². The molecule has 1 saturated carbocycles. The number of methoxy groups -OCH3 is 1. The average Bonchev–Trinajstić information content (AvgIpc) is 3.65. The Kier molecular flexibility index (Phi) is 8.42. The molecule has 0 spiro atoms. The van der Waals surface area contributed by atoms with Crippen LogP contribution in [0.2, 0.25) is 5.02 Å². The summed E-state index contributed by atoms with van der Waals surface area (Å²) in [5.74, 6) is 1.86. The lowest BCUT2D eigenvalue weighted by atomic mass is 10.1. The summed E-state index contributed by atoms with van der Waals surface area (Å²) in [6.45, 7) is 3.08. The number of anilines is 1. The molecular weight excluding hydrogens is 512 g/mol. The van der Waals surface area contributed by atoms with Crippen molar-refractivity contribution >= 4 is 23.3 Å². The second-order valence-corrected chi connectivity index (χ2v) is 10.0. The lowest BCUT2D eigenvalue weighted by molar-refractivity contribution is 0.184. The van der Waals surface area contributed by atoms with Crippen LogP contribution in [0.15, 0.2) is 67.0 Å². The number of nitrogens with zero attached hydrogens (tertiary/aromatic N) is 5. The third-order valence-electron chi connectivity index (χ3n) is 7.24. The third kappa shape index (κ3) is 6.06. The molecule has 4 aromatic rings. The number of urea groups is 1. The Morgan fingerprint density at radius 1 is 1.10 bits per heavy atom. The molecule has 1 fully saturated rings. The molecule has 9 heteroatoms. The zero-order valence-corrected chi connectivity index (χ0v) is 23.1. The van der Waals surface area contributed by atoms with Crippen LogP contribution in [0.25, 0.3) is 22.8 Å². The van der Waals surface area contributed by atoms with Gasteiger partial charge in [0.05, 0.1) is 18.7 Å². The summed E-state index contributed by atoms with van der Waals surface area (Å²) in [5.41, 5.74) is 3.67. The van der Waals surface area contributed by atoms with Crippen molar-refractivity contribution in [3.05, 3.63) is 77.6 Å². The summed E-state index contributed by atoms with van der Waals surface area (Å²) in [5, 5.41) is 8.52. The molecule has 2 aromatic heterocycles. The van der Waals surface area contributed by atoms with Gasteiger partial charge in [0.2, 0.25) is 0 Å². The number of hydrogen-bond donors (Lipinski definition) is 1. The fourth-order valence-electron chi connectivity index (χ4n) is 5.15. The van der Waals surface area contributed by atoms with Gasteiger partial charge < -0.3 is 15.0 Å². The normalized spacial score (nSPS) is 13.4. The quantitative estimate of drug-likeness (QED) is 0.253. The largest absolute Gasteiger partial charge is 0.495 e. The minimum atomic E-state index is -0.0775.